The molecule has 0 radical (unpaired) electrons. The zero-order valence-electron chi connectivity index (χ0n) is 16.2. The highest BCUT2D eigenvalue weighted by Gasteiger charge is 2.13. The molecule has 0 atom stereocenters. The van der Waals surface area contributed by atoms with E-state index in [4.69, 9.17) is 16.0 Å². The van der Waals surface area contributed by atoms with Crippen molar-refractivity contribution in [3.63, 3.8) is 0 Å². The van der Waals surface area contributed by atoms with Crippen molar-refractivity contribution in [3.05, 3.63) is 89.2 Å². The average Bonchev–Trinajstić information content (AvgIpc) is 3.41. The summed E-state index contributed by atoms with van der Waals surface area (Å²) in [5.74, 6) is -1.12. The van der Waals surface area contributed by atoms with Crippen LogP contribution in [0.1, 0.15) is 17.9 Å². The molecule has 0 aliphatic carbocycles. The highest BCUT2D eigenvalue weighted by atomic mass is 35.5. The van der Waals surface area contributed by atoms with Crippen molar-refractivity contribution in [2.24, 2.45) is 0 Å². The summed E-state index contributed by atoms with van der Waals surface area (Å²) < 4.78 is 34.1. The summed E-state index contributed by atoms with van der Waals surface area (Å²) in [5.41, 5.74) is 1.81. The first-order valence-corrected chi connectivity index (χ1v) is 9.82. The van der Waals surface area contributed by atoms with E-state index in [0.717, 1.165) is 23.4 Å². The summed E-state index contributed by atoms with van der Waals surface area (Å²) >= 11 is 5.89. The fraction of sp³-hybridized carbons (Fsp3) is 0.136. The Hall–Kier alpha value is -3.52. The Labute approximate surface area is 181 Å². The maximum atomic E-state index is 13.8. The predicted octanol–water partition coefficient (Wildman–Crippen LogP) is 4.71. The Morgan fingerprint density at radius 1 is 1.13 bits per heavy atom. The van der Waals surface area contributed by atoms with Crippen molar-refractivity contribution in [1.82, 2.24) is 20.1 Å². The van der Waals surface area contributed by atoms with Crippen molar-refractivity contribution in [1.29, 1.82) is 0 Å². The third kappa shape index (κ3) is 5.16. The van der Waals surface area contributed by atoms with Gasteiger partial charge in [-0.25, -0.2) is 18.4 Å². The number of hydrogen-bond acceptors (Lipinski definition) is 4. The molecule has 2 heterocycles. The van der Waals surface area contributed by atoms with Crippen molar-refractivity contribution >= 4 is 17.5 Å². The van der Waals surface area contributed by atoms with Crippen molar-refractivity contribution in [2.75, 3.05) is 0 Å². The van der Waals surface area contributed by atoms with Gasteiger partial charge in [0.05, 0.1) is 23.6 Å². The number of aromatic nitrogens is 3. The van der Waals surface area contributed by atoms with Crippen LogP contribution in [-0.2, 0) is 17.8 Å². The number of hydrogen-bond donors (Lipinski definition) is 1. The first-order valence-electron chi connectivity index (χ1n) is 9.44. The van der Waals surface area contributed by atoms with Crippen molar-refractivity contribution < 1.29 is 18.0 Å². The molecule has 4 rings (SSSR count). The summed E-state index contributed by atoms with van der Waals surface area (Å²) in [7, 11) is 0. The fourth-order valence-corrected chi connectivity index (χ4v) is 3.06. The molecule has 0 aliphatic rings. The molecule has 0 bridgehead atoms. The van der Waals surface area contributed by atoms with E-state index in [1.807, 2.05) is 18.3 Å². The summed E-state index contributed by atoms with van der Waals surface area (Å²) in [6.45, 7) is 0.323. The lowest BCUT2D eigenvalue weighted by Gasteiger charge is -2.03. The minimum absolute atomic E-state index is 0.113. The Bertz CT molecular complexity index is 1200. The van der Waals surface area contributed by atoms with Gasteiger partial charge in [-0.2, -0.15) is 5.10 Å². The zero-order valence-corrected chi connectivity index (χ0v) is 16.9. The Morgan fingerprint density at radius 2 is 1.94 bits per heavy atom. The minimum atomic E-state index is -0.736. The van der Waals surface area contributed by atoms with Crippen LogP contribution in [0.2, 0.25) is 5.02 Å². The molecular weight excluding hydrogens is 426 g/mol. The van der Waals surface area contributed by atoms with E-state index in [1.54, 1.807) is 23.0 Å². The molecule has 0 saturated carbocycles. The van der Waals surface area contributed by atoms with Crippen LogP contribution < -0.4 is 5.32 Å². The first kappa shape index (κ1) is 20.7. The number of benzene rings is 2. The SMILES string of the molecule is O=C(CCc1ncc(-c2ccc(F)cc2F)o1)NCc1cnn(-c2ccc(Cl)cc2)c1. The molecule has 0 unspecified atom stereocenters. The molecule has 6 nitrogen and oxygen atoms in total. The average molecular weight is 443 g/mol. The van der Waals surface area contributed by atoms with Gasteiger partial charge < -0.3 is 9.73 Å². The molecule has 2 aromatic heterocycles. The van der Waals surface area contributed by atoms with Crippen LogP contribution in [0.4, 0.5) is 8.78 Å². The number of halogens is 3. The molecule has 1 amide bonds. The van der Waals surface area contributed by atoms with Crippen LogP contribution in [-0.4, -0.2) is 20.7 Å². The maximum Gasteiger partial charge on any atom is 0.220 e. The van der Waals surface area contributed by atoms with Crippen LogP contribution in [0.5, 0.6) is 0 Å². The standard InChI is InChI=1S/C22H17ClF2N4O2/c23-15-1-4-17(5-2-15)29-13-14(11-28-29)10-26-21(30)7-8-22-27-12-20(31-22)18-6-3-16(24)9-19(18)25/h1-6,9,11-13H,7-8,10H2,(H,26,30). The molecule has 4 aromatic rings. The third-order valence-corrected chi connectivity index (χ3v) is 4.78. The number of carbonyl (C=O) groups is 1. The maximum absolute atomic E-state index is 13.8. The Morgan fingerprint density at radius 3 is 2.71 bits per heavy atom. The summed E-state index contributed by atoms with van der Waals surface area (Å²) in [5, 5.41) is 7.73. The second kappa shape index (κ2) is 9.09. The van der Waals surface area contributed by atoms with Gasteiger partial charge in [-0.3, -0.25) is 4.79 Å². The molecular formula is C22H17ClF2N4O2. The Balaban J connectivity index is 1.28. The van der Waals surface area contributed by atoms with E-state index < -0.39 is 11.6 Å². The van der Waals surface area contributed by atoms with Gasteiger partial charge in [0.1, 0.15) is 11.6 Å². The van der Waals surface area contributed by atoms with Gasteiger partial charge in [-0.1, -0.05) is 11.6 Å². The molecule has 1 N–H and O–H groups in total. The molecule has 0 saturated heterocycles. The molecule has 31 heavy (non-hydrogen) atoms. The smallest absolute Gasteiger partial charge is 0.220 e. The number of aryl methyl sites for hydroxylation is 1. The van der Waals surface area contributed by atoms with Gasteiger partial charge in [-0.15, -0.1) is 0 Å². The van der Waals surface area contributed by atoms with Gasteiger partial charge in [0, 0.05) is 42.2 Å². The quantitative estimate of drug-likeness (QED) is 0.450. The van der Waals surface area contributed by atoms with E-state index in [2.05, 4.69) is 15.4 Å². The third-order valence-electron chi connectivity index (χ3n) is 4.53. The molecule has 9 heteroatoms. The van der Waals surface area contributed by atoms with E-state index in [0.29, 0.717) is 17.5 Å². The molecule has 2 aromatic carbocycles. The minimum Gasteiger partial charge on any atom is -0.441 e. The van der Waals surface area contributed by atoms with Crippen molar-refractivity contribution in [2.45, 2.75) is 19.4 Å². The number of rotatable bonds is 7. The molecule has 0 spiro atoms. The van der Waals surface area contributed by atoms with Gasteiger partial charge in [0.15, 0.2) is 11.7 Å². The largest absolute Gasteiger partial charge is 0.441 e. The predicted molar refractivity (Wildman–Crippen MR) is 111 cm³/mol. The number of nitrogens with zero attached hydrogens (tertiary/aromatic N) is 3. The molecule has 158 valence electrons. The van der Waals surface area contributed by atoms with Crippen LogP contribution in [0.15, 0.2) is 65.5 Å². The van der Waals surface area contributed by atoms with Gasteiger partial charge in [-0.05, 0) is 36.4 Å². The van der Waals surface area contributed by atoms with E-state index >= 15 is 0 Å². The summed E-state index contributed by atoms with van der Waals surface area (Å²) in [6, 6.07) is 10.5. The highest BCUT2D eigenvalue weighted by Crippen LogP contribution is 2.24. The van der Waals surface area contributed by atoms with Crippen LogP contribution >= 0.6 is 11.6 Å². The number of nitrogens with one attached hydrogen (secondary N) is 1. The summed E-state index contributed by atoms with van der Waals surface area (Å²) in [4.78, 5) is 16.2. The van der Waals surface area contributed by atoms with Gasteiger partial charge >= 0.3 is 0 Å². The number of amides is 1. The second-order valence-electron chi connectivity index (χ2n) is 6.79. The molecule has 0 fully saturated rings. The topological polar surface area (TPSA) is 73.0 Å². The van der Waals surface area contributed by atoms with E-state index in [1.165, 1.54) is 12.3 Å². The first-order chi connectivity index (χ1) is 15.0. The van der Waals surface area contributed by atoms with Crippen LogP contribution in [0, 0.1) is 11.6 Å². The Kier molecular flexibility index (Phi) is 6.08. The molecule has 0 aliphatic heterocycles. The summed E-state index contributed by atoms with van der Waals surface area (Å²) in [6.07, 6.45) is 5.25. The van der Waals surface area contributed by atoms with E-state index in [9.17, 15) is 13.6 Å². The zero-order chi connectivity index (χ0) is 21.8. The lowest BCUT2D eigenvalue weighted by atomic mass is 10.2. The lowest BCUT2D eigenvalue weighted by molar-refractivity contribution is -0.121. The van der Waals surface area contributed by atoms with Gasteiger partial charge in [0.2, 0.25) is 5.91 Å². The normalized spacial score (nSPS) is 10.9. The number of oxazole rings is 1. The van der Waals surface area contributed by atoms with E-state index in [-0.39, 0.29) is 30.1 Å². The monoisotopic (exact) mass is 442 g/mol. The van der Waals surface area contributed by atoms with Gasteiger partial charge in [0.25, 0.3) is 0 Å². The second-order valence-corrected chi connectivity index (χ2v) is 7.23. The lowest BCUT2D eigenvalue weighted by Crippen LogP contribution is -2.22. The van der Waals surface area contributed by atoms with Crippen molar-refractivity contribution in [3.8, 4) is 17.0 Å². The van der Waals surface area contributed by atoms with Crippen LogP contribution in [0.3, 0.4) is 0 Å². The highest BCUT2D eigenvalue weighted by molar-refractivity contribution is 6.30. The van der Waals surface area contributed by atoms with Crippen LogP contribution in [0.25, 0.3) is 17.0 Å². The number of carbonyl (C=O) groups excluding carboxylic acids is 1. The fourth-order valence-electron chi connectivity index (χ4n) is 2.94.